The van der Waals surface area contributed by atoms with Crippen LogP contribution in [0.5, 0.6) is 11.5 Å². The van der Waals surface area contributed by atoms with E-state index in [1.807, 2.05) is 25.1 Å². The average molecular weight is 423 g/mol. The molecule has 1 aliphatic rings. The number of aryl methyl sites for hydroxylation is 1. The van der Waals surface area contributed by atoms with E-state index in [9.17, 15) is 9.59 Å². The molecule has 9 nitrogen and oxygen atoms in total. The first kappa shape index (κ1) is 20.6. The molecule has 1 aliphatic heterocycles. The lowest BCUT2D eigenvalue weighted by atomic mass is 9.85. The maximum Gasteiger partial charge on any atom is 0.264 e. The minimum Gasteiger partial charge on any atom is -0.493 e. The molecular formula is C22H25N5O4. The normalized spacial score (nSPS) is 15.3. The summed E-state index contributed by atoms with van der Waals surface area (Å²) in [6.45, 7) is 4.56. The topological polar surface area (TPSA) is 111 Å². The Labute approximate surface area is 179 Å². The molecule has 2 N–H and O–H groups in total. The van der Waals surface area contributed by atoms with E-state index in [-0.39, 0.29) is 23.8 Å². The summed E-state index contributed by atoms with van der Waals surface area (Å²) in [5.74, 6) is 1.85. The van der Waals surface area contributed by atoms with Crippen LogP contribution in [0, 0.1) is 6.92 Å². The number of unbranched alkanes of at least 4 members (excludes halogenated alkanes) is 1. The number of benzene rings is 1. The van der Waals surface area contributed by atoms with Gasteiger partial charge in [-0.05, 0) is 25.5 Å². The van der Waals surface area contributed by atoms with Crippen LogP contribution in [0.1, 0.15) is 48.9 Å². The number of para-hydroxylation sites is 1. The molecule has 9 heteroatoms. The maximum atomic E-state index is 12.7. The van der Waals surface area contributed by atoms with Gasteiger partial charge in [0, 0.05) is 29.5 Å². The number of amides is 1. The number of fused-ring (bicyclic) bond motifs is 1. The molecule has 4 rings (SSSR count). The van der Waals surface area contributed by atoms with Gasteiger partial charge >= 0.3 is 0 Å². The van der Waals surface area contributed by atoms with E-state index < -0.39 is 0 Å². The number of carbonyl (C=O) groups excluding carboxylic acids is 1. The van der Waals surface area contributed by atoms with Crippen LogP contribution in [0.15, 0.2) is 35.1 Å². The molecule has 0 unspecified atom stereocenters. The minimum atomic E-state index is -0.311. The molecular weight excluding hydrogens is 398 g/mol. The number of aromatic amines is 1. The number of nitrogens with zero attached hydrogens (tertiary/aromatic N) is 3. The van der Waals surface area contributed by atoms with Crippen LogP contribution in [0.3, 0.4) is 0 Å². The van der Waals surface area contributed by atoms with Crippen LogP contribution in [0.4, 0.5) is 5.82 Å². The van der Waals surface area contributed by atoms with Gasteiger partial charge in [-0.1, -0.05) is 25.5 Å². The van der Waals surface area contributed by atoms with Crippen molar-refractivity contribution in [2.75, 3.05) is 19.0 Å². The van der Waals surface area contributed by atoms with Gasteiger partial charge in [-0.15, -0.1) is 0 Å². The van der Waals surface area contributed by atoms with Crippen molar-refractivity contribution < 1.29 is 14.3 Å². The maximum absolute atomic E-state index is 12.7. The van der Waals surface area contributed by atoms with Crippen molar-refractivity contribution in [3.63, 3.8) is 0 Å². The molecule has 2 aromatic heterocycles. The molecule has 162 valence electrons. The minimum absolute atomic E-state index is 0.134. The number of aromatic nitrogens is 4. The second-order valence-corrected chi connectivity index (χ2v) is 7.42. The van der Waals surface area contributed by atoms with E-state index in [2.05, 4.69) is 27.5 Å². The van der Waals surface area contributed by atoms with Gasteiger partial charge in [0.15, 0.2) is 17.3 Å². The lowest BCUT2D eigenvalue weighted by Crippen LogP contribution is -2.25. The van der Waals surface area contributed by atoms with Crippen LogP contribution >= 0.6 is 0 Å². The molecule has 3 aromatic rings. The average Bonchev–Trinajstić information content (AvgIpc) is 3.10. The number of carbonyl (C=O) groups is 1. The van der Waals surface area contributed by atoms with Crippen molar-refractivity contribution in [2.24, 2.45) is 0 Å². The fourth-order valence-corrected chi connectivity index (χ4v) is 3.87. The van der Waals surface area contributed by atoms with Crippen molar-refractivity contribution in [1.82, 2.24) is 20.0 Å². The van der Waals surface area contributed by atoms with Crippen LogP contribution in [0.2, 0.25) is 0 Å². The summed E-state index contributed by atoms with van der Waals surface area (Å²) in [4.78, 5) is 24.1. The molecule has 0 saturated heterocycles. The van der Waals surface area contributed by atoms with E-state index in [1.54, 1.807) is 17.9 Å². The van der Waals surface area contributed by atoms with E-state index in [1.165, 1.54) is 6.07 Å². The smallest absolute Gasteiger partial charge is 0.264 e. The molecule has 0 bridgehead atoms. The van der Waals surface area contributed by atoms with Gasteiger partial charge in [-0.2, -0.15) is 14.9 Å². The predicted octanol–water partition coefficient (Wildman–Crippen LogP) is 2.93. The monoisotopic (exact) mass is 423 g/mol. The molecule has 1 aromatic carbocycles. The van der Waals surface area contributed by atoms with Crippen molar-refractivity contribution in [1.29, 1.82) is 0 Å². The van der Waals surface area contributed by atoms with Gasteiger partial charge in [0.2, 0.25) is 5.91 Å². The predicted molar refractivity (Wildman–Crippen MR) is 115 cm³/mol. The lowest BCUT2D eigenvalue weighted by molar-refractivity contribution is -0.116. The Kier molecular flexibility index (Phi) is 5.75. The van der Waals surface area contributed by atoms with Gasteiger partial charge < -0.3 is 14.8 Å². The van der Waals surface area contributed by atoms with Gasteiger partial charge in [0.05, 0.1) is 19.4 Å². The van der Waals surface area contributed by atoms with Crippen molar-refractivity contribution in [3.05, 3.63) is 57.5 Å². The summed E-state index contributed by atoms with van der Waals surface area (Å²) in [5, 5.41) is 14.0. The number of rotatable bonds is 7. The zero-order valence-corrected chi connectivity index (χ0v) is 17.8. The Morgan fingerprint density at radius 3 is 2.77 bits per heavy atom. The molecule has 0 aliphatic carbocycles. The number of hydrogen-bond donors (Lipinski definition) is 2. The van der Waals surface area contributed by atoms with Crippen LogP contribution in [-0.4, -0.2) is 39.6 Å². The van der Waals surface area contributed by atoms with Crippen molar-refractivity contribution in [3.8, 4) is 17.3 Å². The Balaban J connectivity index is 1.84. The summed E-state index contributed by atoms with van der Waals surface area (Å²) in [5.41, 5.74) is 2.22. The van der Waals surface area contributed by atoms with Gasteiger partial charge in [0.1, 0.15) is 5.82 Å². The van der Waals surface area contributed by atoms with Crippen LogP contribution < -0.4 is 20.3 Å². The molecule has 0 fully saturated rings. The number of ether oxygens (including phenoxy) is 2. The first-order valence-electron chi connectivity index (χ1n) is 10.3. The second kappa shape index (κ2) is 8.63. The lowest BCUT2D eigenvalue weighted by Gasteiger charge is -2.26. The van der Waals surface area contributed by atoms with E-state index in [0.717, 1.165) is 29.7 Å². The Hall–Kier alpha value is -3.62. The van der Waals surface area contributed by atoms with Gasteiger partial charge in [-0.25, -0.2) is 5.10 Å². The number of hydrogen-bond acceptors (Lipinski definition) is 6. The van der Waals surface area contributed by atoms with E-state index in [4.69, 9.17) is 9.47 Å². The Morgan fingerprint density at radius 1 is 1.23 bits per heavy atom. The standard InChI is InChI=1S/C22H25N5O4/c1-4-5-11-31-21-14(7-6-8-16(21)30-3)15-12-19(29)23-22-20(15)13(2)26-27(22)17-9-10-18(28)25-24-17/h6-10,15H,4-5,11-12H2,1-3H3,(H,23,29)(H,25,28)/t15-/m1/s1. The third kappa shape index (κ3) is 3.90. The zero-order chi connectivity index (χ0) is 22.0. The Morgan fingerprint density at radius 2 is 2.06 bits per heavy atom. The van der Waals surface area contributed by atoms with E-state index in [0.29, 0.717) is 29.7 Å². The number of nitrogens with one attached hydrogen (secondary N) is 2. The zero-order valence-electron chi connectivity index (χ0n) is 17.8. The van der Waals surface area contributed by atoms with Gasteiger partial charge in [-0.3, -0.25) is 9.59 Å². The molecule has 0 radical (unpaired) electrons. The fourth-order valence-electron chi connectivity index (χ4n) is 3.87. The van der Waals surface area contributed by atoms with Crippen molar-refractivity contribution >= 4 is 11.7 Å². The highest BCUT2D eigenvalue weighted by molar-refractivity contribution is 5.95. The fraction of sp³-hybridized carbons (Fsp3) is 0.364. The molecule has 0 spiro atoms. The molecule has 1 atom stereocenters. The summed E-state index contributed by atoms with van der Waals surface area (Å²) < 4.78 is 13.2. The quantitative estimate of drug-likeness (QED) is 0.565. The van der Waals surface area contributed by atoms with Crippen molar-refractivity contribution in [2.45, 2.75) is 39.0 Å². The highest BCUT2D eigenvalue weighted by atomic mass is 16.5. The molecule has 0 saturated carbocycles. The first-order valence-corrected chi connectivity index (χ1v) is 10.3. The second-order valence-electron chi connectivity index (χ2n) is 7.42. The van der Waals surface area contributed by atoms with Crippen LogP contribution in [0.25, 0.3) is 5.82 Å². The summed E-state index contributed by atoms with van der Waals surface area (Å²) in [7, 11) is 1.61. The summed E-state index contributed by atoms with van der Waals surface area (Å²) in [6, 6.07) is 8.65. The highest BCUT2D eigenvalue weighted by Crippen LogP contribution is 2.45. The third-order valence-electron chi connectivity index (χ3n) is 5.33. The SMILES string of the molecule is CCCCOc1c(OC)cccc1[C@H]1CC(=O)Nc2c1c(C)nn2-c1ccc(=O)[nH]n1. The third-order valence-corrected chi connectivity index (χ3v) is 5.33. The largest absolute Gasteiger partial charge is 0.493 e. The summed E-state index contributed by atoms with van der Waals surface area (Å²) >= 11 is 0. The molecule has 1 amide bonds. The Bertz CT molecular complexity index is 1150. The number of methoxy groups -OCH3 is 1. The summed E-state index contributed by atoms with van der Waals surface area (Å²) in [6.07, 6.45) is 2.19. The number of anilines is 1. The first-order chi connectivity index (χ1) is 15.0. The molecule has 31 heavy (non-hydrogen) atoms. The number of H-pyrrole nitrogens is 1. The molecule has 3 heterocycles. The van der Waals surface area contributed by atoms with Gasteiger partial charge in [0.25, 0.3) is 5.56 Å². The van der Waals surface area contributed by atoms with Crippen LogP contribution in [-0.2, 0) is 4.79 Å². The highest BCUT2D eigenvalue weighted by Gasteiger charge is 2.35. The van der Waals surface area contributed by atoms with E-state index >= 15 is 0 Å².